The molecule has 0 unspecified atom stereocenters. The van der Waals surface area contributed by atoms with E-state index in [9.17, 15) is 0 Å². The van der Waals surface area contributed by atoms with Gasteiger partial charge in [0.25, 0.3) is 0 Å². The molecular weight excluding hydrogens is 206 g/mol. The maximum atomic E-state index is 4.07. The van der Waals surface area contributed by atoms with E-state index in [0.717, 1.165) is 0 Å². The van der Waals surface area contributed by atoms with Gasteiger partial charge in [-0.1, -0.05) is 36.4 Å². The van der Waals surface area contributed by atoms with Crippen molar-refractivity contribution in [1.82, 2.24) is 4.98 Å². The van der Waals surface area contributed by atoms with Crippen molar-refractivity contribution < 1.29 is 0 Å². The van der Waals surface area contributed by atoms with Crippen LogP contribution in [0.5, 0.6) is 0 Å². The summed E-state index contributed by atoms with van der Waals surface area (Å²) in [6, 6.07) is 17.1. The average molecular weight is 219 g/mol. The molecule has 0 aliphatic rings. The molecule has 0 fully saturated rings. The fourth-order valence-corrected chi connectivity index (χ4v) is 2.23. The fourth-order valence-electron chi connectivity index (χ4n) is 2.23. The van der Waals surface area contributed by atoms with Crippen LogP contribution < -0.4 is 0 Å². The summed E-state index contributed by atoms with van der Waals surface area (Å²) in [5, 5.41) is 2.59. The topological polar surface area (TPSA) is 12.9 Å². The summed E-state index contributed by atoms with van der Waals surface area (Å²) in [7, 11) is 0. The van der Waals surface area contributed by atoms with Crippen molar-refractivity contribution in [1.29, 1.82) is 0 Å². The highest BCUT2D eigenvalue weighted by Crippen LogP contribution is 2.29. The zero-order valence-electron chi connectivity index (χ0n) is 9.72. The number of nitrogens with zero attached hydrogens (tertiary/aromatic N) is 1. The number of rotatable bonds is 1. The summed E-state index contributed by atoms with van der Waals surface area (Å²) < 4.78 is 0. The van der Waals surface area contributed by atoms with Crippen LogP contribution in [0.25, 0.3) is 21.9 Å². The Labute approximate surface area is 101 Å². The Hall–Kier alpha value is -2.15. The quantitative estimate of drug-likeness (QED) is 0.597. The second-order valence-corrected chi connectivity index (χ2v) is 4.27. The lowest BCUT2D eigenvalue weighted by Crippen LogP contribution is -1.84. The normalized spacial score (nSPS) is 10.6. The maximum absolute atomic E-state index is 4.07. The van der Waals surface area contributed by atoms with Crippen molar-refractivity contribution in [3.63, 3.8) is 0 Å². The zero-order valence-corrected chi connectivity index (χ0v) is 9.72. The Kier molecular flexibility index (Phi) is 2.37. The third-order valence-corrected chi connectivity index (χ3v) is 3.00. The molecule has 0 saturated heterocycles. The lowest BCUT2D eigenvalue weighted by Gasteiger charge is -2.08. The van der Waals surface area contributed by atoms with Crippen molar-refractivity contribution in [3.8, 4) is 11.1 Å². The second-order valence-electron chi connectivity index (χ2n) is 4.27. The number of benzene rings is 2. The summed E-state index contributed by atoms with van der Waals surface area (Å²) in [4.78, 5) is 4.07. The van der Waals surface area contributed by atoms with Gasteiger partial charge in [0, 0.05) is 12.4 Å². The van der Waals surface area contributed by atoms with E-state index >= 15 is 0 Å². The van der Waals surface area contributed by atoms with Crippen LogP contribution >= 0.6 is 0 Å². The molecule has 0 spiro atoms. The van der Waals surface area contributed by atoms with E-state index in [-0.39, 0.29) is 0 Å². The Morgan fingerprint density at radius 2 is 1.65 bits per heavy atom. The summed E-state index contributed by atoms with van der Waals surface area (Å²) in [5.41, 5.74) is 3.79. The van der Waals surface area contributed by atoms with Gasteiger partial charge in [0.2, 0.25) is 0 Å². The van der Waals surface area contributed by atoms with E-state index in [1.165, 1.54) is 27.5 Å². The first kappa shape index (κ1) is 10.0. The largest absolute Gasteiger partial charge is 0.265 e. The van der Waals surface area contributed by atoms with Crippen molar-refractivity contribution in [2.45, 2.75) is 6.92 Å². The molecule has 0 atom stereocenters. The monoisotopic (exact) mass is 219 g/mol. The molecule has 1 aromatic heterocycles. The molecule has 0 saturated carbocycles. The molecule has 82 valence electrons. The summed E-state index contributed by atoms with van der Waals surface area (Å²) in [6.07, 6.45) is 3.68. The van der Waals surface area contributed by atoms with Crippen molar-refractivity contribution >= 4 is 10.8 Å². The Balaban J connectivity index is 2.36. The Morgan fingerprint density at radius 3 is 2.47 bits per heavy atom. The first-order valence-electron chi connectivity index (χ1n) is 5.74. The highest BCUT2D eigenvalue weighted by atomic mass is 14.6. The molecular formula is C16H13N. The molecule has 3 rings (SSSR count). The average Bonchev–Trinajstić information content (AvgIpc) is 2.39. The predicted molar refractivity (Wildman–Crippen MR) is 71.9 cm³/mol. The van der Waals surface area contributed by atoms with Gasteiger partial charge < -0.3 is 0 Å². The van der Waals surface area contributed by atoms with E-state index in [1.807, 2.05) is 12.4 Å². The second kappa shape index (κ2) is 4.02. The van der Waals surface area contributed by atoms with Gasteiger partial charge in [-0.15, -0.1) is 0 Å². The standard InChI is InChI=1S/C16H13N/c1-12-10-14-4-2-3-5-15(14)16(11-12)13-6-8-17-9-7-13/h2-11H,1H3. The van der Waals surface area contributed by atoms with Crippen LogP contribution in [0.1, 0.15) is 5.56 Å². The third kappa shape index (κ3) is 1.80. The molecule has 17 heavy (non-hydrogen) atoms. The van der Waals surface area contributed by atoms with Crippen LogP contribution in [0.3, 0.4) is 0 Å². The van der Waals surface area contributed by atoms with E-state index < -0.39 is 0 Å². The van der Waals surface area contributed by atoms with E-state index in [1.54, 1.807) is 0 Å². The summed E-state index contributed by atoms with van der Waals surface area (Å²) in [5.74, 6) is 0. The zero-order chi connectivity index (χ0) is 11.7. The SMILES string of the molecule is Cc1cc(-c2ccncc2)c2ccccc2c1. The number of hydrogen-bond donors (Lipinski definition) is 0. The van der Waals surface area contributed by atoms with Gasteiger partial charge in [-0.25, -0.2) is 0 Å². The molecule has 0 amide bonds. The Morgan fingerprint density at radius 1 is 0.882 bits per heavy atom. The van der Waals surface area contributed by atoms with Gasteiger partial charge in [0.1, 0.15) is 0 Å². The molecule has 0 radical (unpaired) electrons. The molecule has 1 heterocycles. The van der Waals surface area contributed by atoms with Crippen molar-refractivity contribution in [3.05, 3.63) is 66.5 Å². The van der Waals surface area contributed by atoms with E-state index in [2.05, 4.69) is 60.4 Å². The number of aromatic nitrogens is 1. The fraction of sp³-hybridized carbons (Fsp3) is 0.0625. The van der Waals surface area contributed by atoms with E-state index in [0.29, 0.717) is 0 Å². The highest BCUT2D eigenvalue weighted by Gasteiger charge is 2.03. The van der Waals surface area contributed by atoms with Crippen LogP contribution in [-0.2, 0) is 0 Å². The van der Waals surface area contributed by atoms with Gasteiger partial charge >= 0.3 is 0 Å². The molecule has 0 aliphatic carbocycles. The molecule has 0 bridgehead atoms. The predicted octanol–water partition coefficient (Wildman–Crippen LogP) is 4.21. The van der Waals surface area contributed by atoms with Gasteiger partial charge in [-0.05, 0) is 46.5 Å². The van der Waals surface area contributed by atoms with E-state index in [4.69, 9.17) is 0 Å². The van der Waals surface area contributed by atoms with Gasteiger partial charge in [0.05, 0.1) is 0 Å². The highest BCUT2D eigenvalue weighted by molar-refractivity contribution is 5.97. The minimum atomic E-state index is 1.22. The van der Waals surface area contributed by atoms with Crippen molar-refractivity contribution in [2.75, 3.05) is 0 Å². The van der Waals surface area contributed by atoms with Crippen molar-refractivity contribution in [2.24, 2.45) is 0 Å². The summed E-state index contributed by atoms with van der Waals surface area (Å²) in [6.45, 7) is 2.14. The van der Waals surface area contributed by atoms with Crippen LogP contribution in [0, 0.1) is 6.92 Å². The smallest absolute Gasteiger partial charge is 0.0273 e. The summed E-state index contributed by atoms with van der Waals surface area (Å²) >= 11 is 0. The minimum absolute atomic E-state index is 1.22. The molecule has 0 aliphatic heterocycles. The van der Waals surface area contributed by atoms with Crippen LogP contribution in [0.2, 0.25) is 0 Å². The molecule has 1 nitrogen and oxygen atoms in total. The minimum Gasteiger partial charge on any atom is -0.265 e. The first-order valence-corrected chi connectivity index (χ1v) is 5.74. The Bertz CT molecular complexity index is 657. The van der Waals surface area contributed by atoms with Gasteiger partial charge in [-0.2, -0.15) is 0 Å². The molecule has 2 aromatic carbocycles. The van der Waals surface area contributed by atoms with Gasteiger partial charge in [-0.3, -0.25) is 4.98 Å². The molecule has 3 aromatic rings. The number of hydrogen-bond acceptors (Lipinski definition) is 1. The van der Waals surface area contributed by atoms with Crippen LogP contribution in [-0.4, -0.2) is 4.98 Å². The molecule has 1 heteroatoms. The third-order valence-electron chi connectivity index (χ3n) is 3.00. The van der Waals surface area contributed by atoms with Gasteiger partial charge in [0.15, 0.2) is 0 Å². The number of aryl methyl sites for hydroxylation is 1. The number of pyridine rings is 1. The van der Waals surface area contributed by atoms with Crippen LogP contribution in [0.4, 0.5) is 0 Å². The lowest BCUT2D eigenvalue weighted by molar-refractivity contribution is 1.33. The molecule has 0 N–H and O–H groups in total. The number of fused-ring (bicyclic) bond motifs is 1. The van der Waals surface area contributed by atoms with Crippen LogP contribution in [0.15, 0.2) is 60.9 Å². The maximum Gasteiger partial charge on any atom is 0.0273 e. The first-order chi connectivity index (χ1) is 8.34. The lowest BCUT2D eigenvalue weighted by atomic mass is 9.97.